The van der Waals surface area contributed by atoms with Crippen molar-refractivity contribution < 1.29 is 18.7 Å². The summed E-state index contributed by atoms with van der Waals surface area (Å²) in [6.07, 6.45) is 7.71. The molecule has 1 aliphatic heterocycles. The Kier molecular flexibility index (Phi) is 11.3. The topological polar surface area (TPSA) is 125 Å². The highest BCUT2D eigenvalue weighted by molar-refractivity contribution is 6.00. The molecule has 0 bridgehead atoms. The number of hydrogen-bond donors (Lipinski definition) is 3. The third kappa shape index (κ3) is 8.56. The van der Waals surface area contributed by atoms with E-state index in [1.54, 1.807) is 37.7 Å². The number of benzene rings is 3. The maximum Gasteiger partial charge on any atom is 0.236 e. The zero-order valence-electron chi connectivity index (χ0n) is 29.3. The molecule has 0 saturated heterocycles. The molecule has 3 heterocycles. The highest BCUT2D eigenvalue weighted by Gasteiger charge is 2.38. The monoisotopic (exact) mass is 689 g/mol. The van der Waals surface area contributed by atoms with Gasteiger partial charge in [-0.05, 0) is 84.8 Å². The lowest BCUT2D eigenvalue weighted by Gasteiger charge is -2.33. The van der Waals surface area contributed by atoms with E-state index in [9.17, 15) is 14.0 Å². The van der Waals surface area contributed by atoms with E-state index >= 15 is 0 Å². The Balaban J connectivity index is 1.10. The van der Waals surface area contributed by atoms with Crippen LogP contribution in [-0.4, -0.2) is 76.8 Å². The van der Waals surface area contributed by atoms with E-state index in [2.05, 4.69) is 62.9 Å². The molecular weight excluding hydrogens is 645 g/mol. The predicted molar refractivity (Wildman–Crippen MR) is 198 cm³/mol. The molecule has 6 rings (SSSR count). The summed E-state index contributed by atoms with van der Waals surface area (Å²) in [6, 6.07) is 21.7. The molecule has 0 radical (unpaired) electrons. The van der Waals surface area contributed by atoms with Gasteiger partial charge in [-0.15, -0.1) is 0 Å². The van der Waals surface area contributed by atoms with Gasteiger partial charge >= 0.3 is 0 Å². The van der Waals surface area contributed by atoms with Crippen LogP contribution < -0.4 is 10.6 Å². The standard InChI is InChI=1S/C40H44FN7O3/c1-27(2)15-18-40(26-51-3,39(50)45-33-13-14-35-34(23-33)37(47-46-35)30-9-11-32(41)12-10-30)25-42-24-36(49)48-21-16-29(17-22-48)28-5-7-31(8-6-28)38-43-19-4-20-44-38/h4-14,16,19-20,23,27,42H,15,17-18,21-22,24-26H2,1-3H3,(H,45,50)(H,46,47)/t40-/m1/s1. The highest BCUT2D eigenvalue weighted by Crippen LogP contribution is 2.32. The zero-order chi connectivity index (χ0) is 35.8. The molecule has 10 nitrogen and oxygen atoms in total. The van der Waals surface area contributed by atoms with Gasteiger partial charge in [0, 0.05) is 61.3 Å². The molecule has 5 aromatic rings. The Bertz CT molecular complexity index is 1980. The largest absolute Gasteiger partial charge is 0.384 e. The molecule has 264 valence electrons. The summed E-state index contributed by atoms with van der Waals surface area (Å²) in [5.74, 6) is 0.531. The minimum Gasteiger partial charge on any atom is -0.384 e. The first-order valence-electron chi connectivity index (χ1n) is 17.3. The minimum absolute atomic E-state index is 0.0174. The number of carbonyl (C=O) groups excluding carboxylic acids is 2. The molecule has 0 aliphatic carbocycles. The van der Waals surface area contributed by atoms with Gasteiger partial charge in [-0.25, -0.2) is 14.4 Å². The molecular formula is C40H44FN7O3. The number of amides is 2. The van der Waals surface area contributed by atoms with Crippen LogP contribution >= 0.6 is 0 Å². The van der Waals surface area contributed by atoms with E-state index in [1.165, 1.54) is 17.7 Å². The summed E-state index contributed by atoms with van der Waals surface area (Å²) in [6.45, 7) is 5.95. The van der Waals surface area contributed by atoms with Gasteiger partial charge in [0.1, 0.15) is 5.82 Å². The van der Waals surface area contributed by atoms with Crippen LogP contribution in [0, 0.1) is 17.2 Å². The Hall–Kier alpha value is -5.26. The van der Waals surface area contributed by atoms with Crippen molar-refractivity contribution in [1.29, 1.82) is 0 Å². The summed E-state index contributed by atoms with van der Waals surface area (Å²) in [4.78, 5) is 38.0. The third-order valence-corrected chi connectivity index (χ3v) is 9.42. The summed E-state index contributed by atoms with van der Waals surface area (Å²) in [5, 5.41) is 14.7. The van der Waals surface area contributed by atoms with Gasteiger partial charge in [0.2, 0.25) is 11.8 Å². The average molecular weight is 690 g/mol. The van der Waals surface area contributed by atoms with Crippen LogP contribution in [0.5, 0.6) is 0 Å². The fourth-order valence-corrected chi connectivity index (χ4v) is 6.46. The van der Waals surface area contributed by atoms with Gasteiger partial charge in [0.25, 0.3) is 0 Å². The molecule has 0 fully saturated rings. The normalized spacial score (nSPS) is 14.4. The quantitative estimate of drug-likeness (QED) is 0.118. The molecule has 1 aliphatic rings. The minimum atomic E-state index is -0.920. The van der Waals surface area contributed by atoms with Crippen molar-refractivity contribution in [1.82, 2.24) is 30.4 Å². The number of H-pyrrole nitrogens is 1. The second-order valence-corrected chi connectivity index (χ2v) is 13.5. The van der Waals surface area contributed by atoms with Gasteiger partial charge in [0.05, 0.1) is 29.8 Å². The average Bonchev–Trinajstić information content (AvgIpc) is 3.58. The van der Waals surface area contributed by atoms with Gasteiger partial charge in [-0.3, -0.25) is 14.7 Å². The van der Waals surface area contributed by atoms with E-state index in [1.807, 2.05) is 35.2 Å². The summed E-state index contributed by atoms with van der Waals surface area (Å²) >= 11 is 0. The number of carbonyl (C=O) groups is 2. The molecule has 2 aromatic heterocycles. The zero-order valence-corrected chi connectivity index (χ0v) is 29.3. The van der Waals surface area contributed by atoms with E-state index in [-0.39, 0.29) is 37.3 Å². The molecule has 1 atom stereocenters. The van der Waals surface area contributed by atoms with Gasteiger partial charge in [-0.1, -0.05) is 44.2 Å². The predicted octanol–water partition coefficient (Wildman–Crippen LogP) is 6.74. The molecule has 0 spiro atoms. The molecule has 0 unspecified atom stereocenters. The van der Waals surface area contributed by atoms with Gasteiger partial charge in [0.15, 0.2) is 5.82 Å². The second kappa shape index (κ2) is 16.2. The molecule has 0 saturated carbocycles. The number of hydrogen-bond acceptors (Lipinski definition) is 7. The highest BCUT2D eigenvalue weighted by atomic mass is 19.1. The number of aromatic nitrogens is 4. The van der Waals surface area contributed by atoms with Crippen LogP contribution in [0.2, 0.25) is 0 Å². The molecule has 51 heavy (non-hydrogen) atoms. The van der Waals surface area contributed by atoms with Crippen LogP contribution in [-0.2, 0) is 14.3 Å². The second-order valence-electron chi connectivity index (χ2n) is 13.5. The SMILES string of the molecule is COC[C@@](CCC(C)C)(CNCC(=O)N1CC=C(c2ccc(-c3ncccn3)cc2)CC1)C(=O)Nc1ccc2[nH]nc(-c3ccc(F)cc3)c2c1. The molecule has 3 N–H and O–H groups in total. The summed E-state index contributed by atoms with van der Waals surface area (Å²) in [7, 11) is 1.59. The van der Waals surface area contributed by atoms with Crippen molar-refractivity contribution in [2.75, 3.05) is 45.2 Å². The van der Waals surface area contributed by atoms with Crippen molar-refractivity contribution in [2.45, 2.75) is 33.1 Å². The first-order chi connectivity index (χ1) is 24.7. The number of nitrogens with one attached hydrogen (secondary N) is 3. The van der Waals surface area contributed by atoms with Crippen molar-refractivity contribution in [2.24, 2.45) is 11.3 Å². The first-order valence-corrected chi connectivity index (χ1v) is 17.3. The first kappa shape index (κ1) is 35.6. The van der Waals surface area contributed by atoms with Crippen molar-refractivity contribution in [3.8, 4) is 22.6 Å². The number of anilines is 1. The van der Waals surface area contributed by atoms with E-state index in [4.69, 9.17) is 4.74 Å². The number of ether oxygens (including phenoxy) is 1. The van der Waals surface area contributed by atoms with E-state index in [0.29, 0.717) is 42.6 Å². The number of fused-ring (bicyclic) bond motifs is 1. The maximum absolute atomic E-state index is 14.1. The maximum atomic E-state index is 14.1. The molecule has 11 heteroatoms. The van der Waals surface area contributed by atoms with Crippen molar-refractivity contribution in [3.05, 3.63) is 103 Å². The molecule has 2 amide bonds. The Morgan fingerprint density at radius 1 is 1.00 bits per heavy atom. The number of rotatable bonds is 14. The fraction of sp³-hybridized carbons (Fsp3) is 0.325. The van der Waals surface area contributed by atoms with Crippen molar-refractivity contribution >= 4 is 34.0 Å². The van der Waals surface area contributed by atoms with E-state index in [0.717, 1.165) is 40.4 Å². The van der Waals surface area contributed by atoms with Crippen LogP contribution in [0.15, 0.2) is 91.3 Å². The number of aromatic amines is 1. The Morgan fingerprint density at radius 2 is 1.73 bits per heavy atom. The van der Waals surface area contributed by atoms with Crippen LogP contribution in [0.25, 0.3) is 39.1 Å². The van der Waals surface area contributed by atoms with Crippen LogP contribution in [0.1, 0.15) is 38.7 Å². The van der Waals surface area contributed by atoms with Gasteiger partial charge < -0.3 is 20.3 Å². The van der Waals surface area contributed by atoms with Crippen molar-refractivity contribution in [3.63, 3.8) is 0 Å². The summed E-state index contributed by atoms with van der Waals surface area (Å²) < 4.78 is 19.2. The van der Waals surface area contributed by atoms with Crippen LogP contribution in [0.4, 0.5) is 10.1 Å². The number of nitrogens with zero attached hydrogens (tertiary/aromatic N) is 4. The van der Waals surface area contributed by atoms with E-state index < -0.39 is 5.41 Å². The third-order valence-electron chi connectivity index (χ3n) is 9.42. The molecule has 3 aromatic carbocycles. The Morgan fingerprint density at radius 3 is 2.41 bits per heavy atom. The lowest BCUT2D eigenvalue weighted by molar-refractivity contribution is -0.132. The van der Waals surface area contributed by atoms with Gasteiger partial charge in [-0.2, -0.15) is 5.10 Å². The number of methoxy groups -OCH3 is 1. The van der Waals surface area contributed by atoms with Crippen LogP contribution in [0.3, 0.4) is 0 Å². The lowest BCUT2D eigenvalue weighted by Crippen LogP contribution is -2.50. The Labute approximate surface area is 297 Å². The number of halogens is 1. The fourth-order valence-electron chi connectivity index (χ4n) is 6.46. The smallest absolute Gasteiger partial charge is 0.236 e. The lowest BCUT2D eigenvalue weighted by atomic mass is 9.80. The summed E-state index contributed by atoms with van der Waals surface area (Å²) in [5.41, 5.74) is 5.20.